The van der Waals surface area contributed by atoms with Crippen LogP contribution in [0.15, 0.2) is 24.4 Å². The van der Waals surface area contributed by atoms with Gasteiger partial charge in [0.15, 0.2) is 0 Å². The zero-order valence-electron chi connectivity index (χ0n) is 11.3. The third kappa shape index (κ3) is 1.43. The van der Waals surface area contributed by atoms with E-state index in [4.69, 9.17) is 10.5 Å². The lowest BCUT2D eigenvalue weighted by molar-refractivity contribution is -0.0341. The molecular weight excluding hydrogens is 236 g/mol. The van der Waals surface area contributed by atoms with E-state index in [1.54, 1.807) is 0 Å². The fourth-order valence-corrected chi connectivity index (χ4v) is 5.07. The molecule has 3 unspecified atom stereocenters. The summed E-state index contributed by atoms with van der Waals surface area (Å²) >= 11 is 0. The van der Waals surface area contributed by atoms with Crippen molar-refractivity contribution >= 4 is 0 Å². The SMILES string of the molecule is NCCC1(c2ccccn2)C2COC3(CCCC3)C21. The van der Waals surface area contributed by atoms with Crippen LogP contribution in [0.1, 0.15) is 37.8 Å². The quantitative estimate of drug-likeness (QED) is 0.904. The van der Waals surface area contributed by atoms with E-state index in [1.165, 1.54) is 31.4 Å². The lowest BCUT2D eigenvalue weighted by atomic mass is 9.84. The van der Waals surface area contributed by atoms with E-state index in [2.05, 4.69) is 17.1 Å². The Hall–Kier alpha value is -0.930. The maximum Gasteiger partial charge on any atom is 0.0723 e. The van der Waals surface area contributed by atoms with Crippen molar-refractivity contribution in [2.24, 2.45) is 17.6 Å². The molecule has 1 aromatic heterocycles. The van der Waals surface area contributed by atoms with Crippen molar-refractivity contribution in [3.63, 3.8) is 0 Å². The van der Waals surface area contributed by atoms with Gasteiger partial charge in [-0.25, -0.2) is 0 Å². The van der Waals surface area contributed by atoms with Crippen LogP contribution in [0.4, 0.5) is 0 Å². The molecule has 2 saturated carbocycles. The van der Waals surface area contributed by atoms with Crippen molar-refractivity contribution in [1.29, 1.82) is 0 Å². The largest absolute Gasteiger partial charge is 0.374 e. The first-order valence-corrected chi connectivity index (χ1v) is 7.59. The summed E-state index contributed by atoms with van der Waals surface area (Å²) in [5.41, 5.74) is 7.55. The van der Waals surface area contributed by atoms with Crippen LogP contribution >= 0.6 is 0 Å². The summed E-state index contributed by atoms with van der Waals surface area (Å²) in [4.78, 5) is 4.66. The highest BCUT2D eigenvalue weighted by Crippen LogP contribution is 2.72. The summed E-state index contributed by atoms with van der Waals surface area (Å²) in [5, 5.41) is 0. The smallest absolute Gasteiger partial charge is 0.0723 e. The molecule has 2 aliphatic carbocycles. The molecule has 4 rings (SSSR count). The van der Waals surface area contributed by atoms with Crippen LogP contribution in [-0.2, 0) is 10.2 Å². The summed E-state index contributed by atoms with van der Waals surface area (Å²) in [7, 11) is 0. The molecule has 0 aromatic carbocycles. The monoisotopic (exact) mass is 258 g/mol. The maximum absolute atomic E-state index is 6.22. The first-order chi connectivity index (χ1) is 9.33. The van der Waals surface area contributed by atoms with Gasteiger partial charge in [-0.3, -0.25) is 4.98 Å². The first-order valence-electron chi connectivity index (χ1n) is 7.59. The van der Waals surface area contributed by atoms with E-state index in [0.29, 0.717) is 11.8 Å². The molecule has 3 nitrogen and oxygen atoms in total. The zero-order chi connectivity index (χ0) is 12.9. The topological polar surface area (TPSA) is 48.1 Å². The minimum Gasteiger partial charge on any atom is -0.374 e. The molecular formula is C16H22N2O. The number of pyridine rings is 1. The van der Waals surface area contributed by atoms with Gasteiger partial charge in [-0.1, -0.05) is 18.9 Å². The van der Waals surface area contributed by atoms with E-state index in [-0.39, 0.29) is 11.0 Å². The van der Waals surface area contributed by atoms with Gasteiger partial charge in [-0.05, 0) is 37.9 Å². The zero-order valence-corrected chi connectivity index (χ0v) is 11.3. The summed E-state index contributed by atoms with van der Waals surface area (Å²) in [6, 6.07) is 6.30. The number of fused-ring (bicyclic) bond motifs is 2. The molecule has 102 valence electrons. The average Bonchev–Trinajstić information content (AvgIpc) is 2.80. The van der Waals surface area contributed by atoms with Crippen molar-refractivity contribution in [2.45, 2.75) is 43.1 Å². The van der Waals surface area contributed by atoms with E-state index in [0.717, 1.165) is 19.6 Å². The number of hydrogen-bond donors (Lipinski definition) is 1. The van der Waals surface area contributed by atoms with Gasteiger partial charge in [-0.15, -0.1) is 0 Å². The van der Waals surface area contributed by atoms with Crippen LogP contribution in [-0.4, -0.2) is 23.7 Å². The van der Waals surface area contributed by atoms with Crippen molar-refractivity contribution in [2.75, 3.05) is 13.2 Å². The summed E-state index contributed by atoms with van der Waals surface area (Å²) in [5.74, 6) is 1.32. The molecule has 3 heteroatoms. The molecule has 0 radical (unpaired) electrons. The number of nitrogens with zero attached hydrogens (tertiary/aromatic N) is 1. The Balaban J connectivity index is 1.72. The summed E-state index contributed by atoms with van der Waals surface area (Å²) in [6.45, 7) is 1.67. The lowest BCUT2D eigenvalue weighted by Gasteiger charge is -2.32. The minimum absolute atomic E-state index is 0.164. The standard InChI is InChI=1S/C16H22N2O/c17-9-8-16(13-5-1-4-10-18-13)12-11-19-15(14(12)16)6-2-3-7-15/h1,4-5,10,12,14H,2-3,6-9,11,17H2. The molecule has 1 aliphatic heterocycles. The molecule has 3 atom stereocenters. The number of aromatic nitrogens is 1. The fraction of sp³-hybridized carbons (Fsp3) is 0.688. The number of nitrogens with two attached hydrogens (primary N) is 1. The van der Waals surface area contributed by atoms with Gasteiger partial charge in [0.25, 0.3) is 0 Å². The van der Waals surface area contributed by atoms with Crippen LogP contribution in [0.5, 0.6) is 0 Å². The van der Waals surface area contributed by atoms with Gasteiger partial charge < -0.3 is 10.5 Å². The lowest BCUT2D eigenvalue weighted by Crippen LogP contribution is -2.36. The third-order valence-electron chi connectivity index (χ3n) is 5.78. The highest BCUT2D eigenvalue weighted by molar-refractivity contribution is 5.37. The second-order valence-electron chi connectivity index (χ2n) is 6.46. The molecule has 19 heavy (non-hydrogen) atoms. The Kier molecular flexibility index (Phi) is 2.52. The van der Waals surface area contributed by atoms with Crippen LogP contribution in [0, 0.1) is 11.8 Å². The highest BCUT2D eigenvalue weighted by Gasteiger charge is 2.76. The van der Waals surface area contributed by atoms with Gasteiger partial charge in [0.1, 0.15) is 0 Å². The second-order valence-corrected chi connectivity index (χ2v) is 6.46. The maximum atomic E-state index is 6.22. The Bertz CT molecular complexity index is 463. The molecule has 0 bridgehead atoms. The van der Waals surface area contributed by atoms with E-state index in [1.807, 2.05) is 12.3 Å². The summed E-state index contributed by atoms with van der Waals surface area (Å²) in [6.07, 6.45) is 8.11. The van der Waals surface area contributed by atoms with Gasteiger partial charge in [-0.2, -0.15) is 0 Å². The van der Waals surface area contributed by atoms with Crippen molar-refractivity contribution in [3.8, 4) is 0 Å². The van der Waals surface area contributed by atoms with Crippen LogP contribution in [0.25, 0.3) is 0 Å². The van der Waals surface area contributed by atoms with E-state index in [9.17, 15) is 0 Å². The Labute approximate surface area is 114 Å². The van der Waals surface area contributed by atoms with Gasteiger partial charge in [0.05, 0.1) is 12.2 Å². The van der Waals surface area contributed by atoms with Crippen molar-refractivity contribution in [1.82, 2.24) is 4.98 Å². The normalized spacial score (nSPS) is 38.6. The van der Waals surface area contributed by atoms with Crippen LogP contribution in [0.2, 0.25) is 0 Å². The summed E-state index contributed by atoms with van der Waals surface area (Å²) < 4.78 is 6.22. The third-order valence-corrected chi connectivity index (χ3v) is 5.78. The molecule has 1 saturated heterocycles. The Morgan fingerprint density at radius 3 is 2.84 bits per heavy atom. The first kappa shape index (κ1) is 11.9. The molecule has 3 fully saturated rings. The Morgan fingerprint density at radius 1 is 1.32 bits per heavy atom. The number of rotatable bonds is 3. The fourth-order valence-electron chi connectivity index (χ4n) is 5.07. The number of ether oxygens (including phenoxy) is 1. The van der Waals surface area contributed by atoms with Crippen LogP contribution < -0.4 is 5.73 Å². The molecule has 2 heterocycles. The number of hydrogen-bond acceptors (Lipinski definition) is 3. The molecule has 3 aliphatic rings. The average molecular weight is 258 g/mol. The van der Waals surface area contributed by atoms with Gasteiger partial charge in [0.2, 0.25) is 0 Å². The second kappa shape index (κ2) is 4.03. The minimum atomic E-state index is 0.164. The molecule has 1 aromatic rings. The van der Waals surface area contributed by atoms with Gasteiger partial charge >= 0.3 is 0 Å². The van der Waals surface area contributed by atoms with Crippen molar-refractivity contribution < 1.29 is 4.74 Å². The van der Waals surface area contributed by atoms with Crippen LogP contribution in [0.3, 0.4) is 0 Å². The molecule has 0 amide bonds. The predicted octanol–water partition coefficient (Wildman–Crippen LogP) is 2.26. The van der Waals surface area contributed by atoms with E-state index >= 15 is 0 Å². The van der Waals surface area contributed by atoms with Crippen molar-refractivity contribution in [3.05, 3.63) is 30.1 Å². The highest BCUT2D eigenvalue weighted by atomic mass is 16.5. The molecule has 1 spiro atoms. The van der Waals surface area contributed by atoms with Gasteiger partial charge in [0, 0.05) is 29.1 Å². The van der Waals surface area contributed by atoms with E-state index < -0.39 is 0 Å². The Morgan fingerprint density at radius 2 is 2.16 bits per heavy atom. The predicted molar refractivity (Wildman–Crippen MR) is 73.7 cm³/mol. The molecule has 2 N–H and O–H groups in total.